The van der Waals surface area contributed by atoms with Crippen LogP contribution in [0.4, 0.5) is 0 Å². The lowest BCUT2D eigenvalue weighted by Crippen LogP contribution is -2.05. The standard InChI is InChI=1S/C26H22O6S2/c1-33(27,28)31-25-10-4-8-23(17-25)20-14-12-19(13-15-20)21-6-3-7-22(16-21)24-9-5-11-26(18-24)32-34(2,29)30/h3-18H,1-2H3. The molecule has 34 heavy (non-hydrogen) atoms. The molecule has 0 bridgehead atoms. The zero-order valence-electron chi connectivity index (χ0n) is 18.5. The summed E-state index contributed by atoms with van der Waals surface area (Å²) in [4.78, 5) is 0. The molecule has 0 saturated carbocycles. The van der Waals surface area contributed by atoms with Crippen LogP contribution in [0.2, 0.25) is 0 Å². The molecule has 0 saturated heterocycles. The first-order chi connectivity index (χ1) is 16.1. The van der Waals surface area contributed by atoms with E-state index in [9.17, 15) is 16.8 Å². The maximum Gasteiger partial charge on any atom is 0.306 e. The van der Waals surface area contributed by atoms with Gasteiger partial charge in [-0.15, -0.1) is 0 Å². The molecular formula is C26H22O6S2. The first-order valence-corrected chi connectivity index (χ1v) is 13.9. The number of rotatable bonds is 7. The third-order valence-electron chi connectivity index (χ3n) is 4.91. The molecular weight excluding hydrogens is 472 g/mol. The van der Waals surface area contributed by atoms with Crippen LogP contribution in [0.1, 0.15) is 0 Å². The Labute approximate surface area is 199 Å². The maximum absolute atomic E-state index is 11.4. The molecule has 0 spiro atoms. The van der Waals surface area contributed by atoms with Crippen LogP contribution in [0.5, 0.6) is 11.5 Å². The zero-order chi connectivity index (χ0) is 24.3. The normalized spacial score (nSPS) is 11.7. The minimum atomic E-state index is -3.60. The minimum Gasteiger partial charge on any atom is -0.383 e. The first-order valence-electron chi connectivity index (χ1n) is 10.3. The number of benzene rings is 4. The Kier molecular flexibility index (Phi) is 6.45. The van der Waals surface area contributed by atoms with E-state index in [0.29, 0.717) is 0 Å². The molecule has 8 heteroatoms. The molecule has 0 radical (unpaired) electrons. The fourth-order valence-electron chi connectivity index (χ4n) is 3.54. The van der Waals surface area contributed by atoms with Crippen molar-refractivity contribution < 1.29 is 25.2 Å². The summed E-state index contributed by atoms with van der Waals surface area (Å²) in [6, 6.07) is 29.6. The molecule has 0 heterocycles. The van der Waals surface area contributed by atoms with Crippen molar-refractivity contribution in [2.24, 2.45) is 0 Å². The van der Waals surface area contributed by atoms with E-state index in [2.05, 4.69) is 0 Å². The molecule has 6 nitrogen and oxygen atoms in total. The lowest BCUT2D eigenvalue weighted by atomic mass is 9.97. The van der Waals surface area contributed by atoms with Crippen molar-refractivity contribution in [1.82, 2.24) is 0 Å². The highest BCUT2D eigenvalue weighted by atomic mass is 32.2. The van der Waals surface area contributed by atoms with Crippen LogP contribution in [0.25, 0.3) is 33.4 Å². The van der Waals surface area contributed by atoms with E-state index in [4.69, 9.17) is 8.37 Å². The second-order valence-corrected chi connectivity index (χ2v) is 10.9. The Morgan fingerprint density at radius 1 is 0.441 bits per heavy atom. The molecule has 0 aliphatic carbocycles. The fraction of sp³-hybridized carbons (Fsp3) is 0.0769. The van der Waals surface area contributed by atoms with Gasteiger partial charge in [0.15, 0.2) is 0 Å². The largest absolute Gasteiger partial charge is 0.383 e. The molecule has 0 N–H and O–H groups in total. The second-order valence-electron chi connectivity index (χ2n) is 7.79. The van der Waals surface area contributed by atoms with Crippen LogP contribution in [0, 0.1) is 0 Å². The highest BCUT2D eigenvalue weighted by Crippen LogP contribution is 2.31. The summed E-state index contributed by atoms with van der Waals surface area (Å²) in [5.74, 6) is 0.524. The van der Waals surface area contributed by atoms with Crippen molar-refractivity contribution in [3.8, 4) is 44.9 Å². The Morgan fingerprint density at radius 2 is 0.765 bits per heavy atom. The van der Waals surface area contributed by atoms with Gasteiger partial charge in [-0.1, -0.05) is 66.7 Å². The van der Waals surface area contributed by atoms with Gasteiger partial charge in [-0.2, -0.15) is 16.8 Å². The molecule has 0 atom stereocenters. The van der Waals surface area contributed by atoms with E-state index in [1.165, 1.54) is 0 Å². The molecule has 4 aromatic carbocycles. The van der Waals surface area contributed by atoms with E-state index in [-0.39, 0.29) is 11.5 Å². The van der Waals surface area contributed by atoms with E-state index < -0.39 is 20.2 Å². The van der Waals surface area contributed by atoms with Gasteiger partial charge in [0.1, 0.15) is 11.5 Å². The smallest absolute Gasteiger partial charge is 0.306 e. The second kappa shape index (κ2) is 9.32. The summed E-state index contributed by atoms with van der Waals surface area (Å²) in [6.45, 7) is 0. The van der Waals surface area contributed by atoms with Gasteiger partial charge in [0.05, 0.1) is 12.5 Å². The van der Waals surface area contributed by atoms with Crippen molar-refractivity contribution in [2.45, 2.75) is 0 Å². The Hall–Kier alpha value is -3.62. The average molecular weight is 495 g/mol. The Morgan fingerprint density at radius 3 is 1.18 bits per heavy atom. The molecule has 0 aromatic heterocycles. The van der Waals surface area contributed by atoms with Gasteiger partial charge in [0.25, 0.3) is 0 Å². The third-order valence-corrected chi connectivity index (χ3v) is 5.90. The Balaban J connectivity index is 1.60. The van der Waals surface area contributed by atoms with E-state index in [0.717, 1.165) is 45.9 Å². The maximum atomic E-state index is 11.4. The van der Waals surface area contributed by atoms with Gasteiger partial charge in [0.2, 0.25) is 0 Å². The number of hydrogen-bond acceptors (Lipinski definition) is 6. The van der Waals surface area contributed by atoms with Crippen molar-refractivity contribution >= 4 is 20.2 Å². The minimum absolute atomic E-state index is 0.261. The lowest BCUT2D eigenvalue weighted by Gasteiger charge is -2.10. The van der Waals surface area contributed by atoms with Crippen molar-refractivity contribution in [3.05, 3.63) is 97.1 Å². The van der Waals surface area contributed by atoms with Crippen LogP contribution in [-0.2, 0) is 20.2 Å². The van der Waals surface area contributed by atoms with Crippen LogP contribution < -0.4 is 8.37 Å². The molecule has 4 aromatic rings. The quantitative estimate of drug-likeness (QED) is 0.321. The molecule has 0 fully saturated rings. The van der Waals surface area contributed by atoms with E-state index >= 15 is 0 Å². The molecule has 0 aliphatic rings. The topological polar surface area (TPSA) is 86.7 Å². The highest BCUT2D eigenvalue weighted by molar-refractivity contribution is 7.86. The van der Waals surface area contributed by atoms with Gasteiger partial charge in [0, 0.05) is 0 Å². The molecule has 0 unspecified atom stereocenters. The fourth-order valence-corrected chi connectivity index (χ4v) is 4.44. The summed E-state index contributed by atoms with van der Waals surface area (Å²) in [6.07, 6.45) is 2.02. The van der Waals surface area contributed by atoms with Crippen molar-refractivity contribution in [3.63, 3.8) is 0 Å². The van der Waals surface area contributed by atoms with Crippen LogP contribution >= 0.6 is 0 Å². The first kappa shape index (κ1) is 23.5. The summed E-state index contributed by atoms with van der Waals surface area (Å²) in [5.41, 5.74) is 5.51. The van der Waals surface area contributed by atoms with Crippen LogP contribution in [0.15, 0.2) is 97.1 Å². The summed E-state index contributed by atoms with van der Waals surface area (Å²) in [7, 11) is -7.20. The summed E-state index contributed by atoms with van der Waals surface area (Å²) < 4.78 is 55.7. The van der Waals surface area contributed by atoms with Crippen molar-refractivity contribution in [1.29, 1.82) is 0 Å². The van der Waals surface area contributed by atoms with Crippen molar-refractivity contribution in [2.75, 3.05) is 12.5 Å². The van der Waals surface area contributed by atoms with Crippen LogP contribution in [0.3, 0.4) is 0 Å². The monoisotopic (exact) mass is 494 g/mol. The Bertz CT molecular complexity index is 1540. The van der Waals surface area contributed by atoms with E-state index in [1.807, 2.05) is 60.7 Å². The van der Waals surface area contributed by atoms with E-state index in [1.54, 1.807) is 36.4 Å². The van der Waals surface area contributed by atoms with Gasteiger partial charge in [-0.05, 0) is 63.7 Å². The molecule has 4 rings (SSSR count). The zero-order valence-corrected chi connectivity index (χ0v) is 20.1. The molecule has 0 amide bonds. The van der Waals surface area contributed by atoms with Gasteiger partial charge < -0.3 is 8.37 Å². The SMILES string of the molecule is CS(=O)(=O)Oc1cccc(-c2ccc(-c3cccc(-c4cccc(OS(C)(=O)=O)c4)c3)cc2)c1. The average Bonchev–Trinajstić information content (AvgIpc) is 2.77. The summed E-state index contributed by atoms with van der Waals surface area (Å²) >= 11 is 0. The molecule has 174 valence electrons. The third kappa shape index (κ3) is 6.24. The molecule has 0 aliphatic heterocycles. The predicted octanol–water partition coefficient (Wildman–Crippen LogP) is 5.36. The van der Waals surface area contributed by atoms with Gasteiger partial charge in [-0.25, -0.2) is 0 Å². The van der Waals surface area contributed by atoms with Gasteiger partial charge in [-0.3, -0.25) is 0 Å². The van der Waals surface area contributed by atoms with Gasteiger partial charge >= 0.3 is 20.2 Å². The van der Waals surface area contributed by atoms with Crippen LogP contribution in [-0.4, -0.2) is 29.3 Å². The highest BCUT2D eigenvalue weighted by Gasteiger charge is 2.09. The predicted molar refractivity (Wildman–Crippen MR) is 134 cm³/mol. The summed E-state index contributed by atoms with van der Waals surface area (Å²) in [5, 5.41) is 0. The lowest BCUT2D eigenvalue weighted by molar-refractivity contribution is 0.491. The number of hydrogen-bond donors (Lipinski definition) is 0.